The van der Waals surface area contributed by atoms with Gasteiger partial charge in [-0.3, -0.25) is 19.4 Å². The van der Waals surface area contributed by atoms with Crippen molar-refractivity contribution in [2.45, 2.75) is 71.9 Å². The lowest BCUT2D eigenvalue weighted by molar-refractivity contribution is -0.137. The van der Waals surface area contributed by atoms with Gasteiger partial charge in [-0.25, -0.2) is 0 Å². The molecule has 0 aliphatic carbocycles. The lowest BCUT2D eigenvalue weighted by atomic mass is 10.0. The summed E-state index contributed by atoms with van der Waals surface area (Å²) in [7, 11) is 0. The van der Waals surface area contributed by atoms with Crippen LogP contribution in [0.5, 0.6) is 0 Å². The molecule has 2 heterocycles. The molecule has 2 aliphatic rings. The van der Waals surface area contributed by atoms with Gasteiger partial charge in [-0.15, -0.1) is 0 Å². The summed E-state index contributed by atoms with van der Waals surface area (Å²) in [6.45, 7) is 10.3. The Labute approximate surface area is 210 Å². The Bertz CT molecular complexity index is 903. The van der Waals surface area contributed by atoms with Crippen LogP contribution in [-0.2, 0) is 35.5 Å². The number of benzene rings is 2. The van der Waals surface area contributed by atoms with Gasteiger partial charge in [-0.05, 0) is 74.1 Å². The number of aliphatic carboxylic acids is 2. The minimum Gasteiger partial charge on any atom is -0.481 e. The zero-order valence-corrected chi connectivity index (χ0v) is 21.4. The van der Waals surface area contributed by atoms with E-state index in [1.54, 1.807) is 0 Å². The maximum atomic E-state index is 10.8. The monoisotopic (exact) mass is 482 g/mol. The highest BCUT2D eigenvalue weighted by atomic mass is 16.4. The van der Waals surface area contributed by atoms with Crippen molar-refractivity contribution >= 4 is 11.9 Å². The molecule has 2 aromatic rings. The summed E-state index contributed by atoms with van der Waals surface area (Å²) in [6, 6.07) is 15.7. The predicted molar refractivity (Wildman–Crippen MR) is 141 cm³/mol. The first kappa shape index (κ1) is 28.5. The third kappa shape index (κ3) is 10.6. The Morgan fingerprint density at radius 2 is 0.914 bits per heavy atom. The Morgan fingerprint density at radius 1 is 0.600 bits per heavy atom. The fraction of sp³-hybridized carbons (Fsp3) is 0.517. The van der Waals surface area contributed by atoms with E-state index in [0.29, 0.717) is 0 Å². The van der Waals surface area contributed by atoms with Crippen LogP contribution in [0, 0.1) is 0 Å². The second kappa shape index (κ2) is 16.1. The number of nitrogens with zero attached hydrogens (tertiary/aromatic N) is 2. The summed E-state index contributed by atoms with van der Waals surface area (Å²) in [6.07, 6.45) is 6.64. The Morgan fingerprint density at radius 3 is 1.26 bits per heavy atom. The molecule has 0 unspecified atom stereocenters. The van der Waals surface area contributed by atoms with Gasteiger partial charge in [0, 0.05) is 13.1 Å². The van der Waals surface area contributed by atoms with E-state index < -0.39 is 11.9 Å². The number of carboxylic acids is 2. The highest BCUT2D eigenvalue weighted by Crippen LogP contribution is 2.17. The molecule has 2 saturated heterocycles. The third-order valence-corrected chi connectivity index (χ3v) is 6.36. The quantitative estimate of drug-likeness (QED) is 0.536. The van der Waals surface area contributed by atoms with Crippen LogP contribution in [-0.4, -0.2) is 58.1 Å². The molecule has 0 bridgehead atoms. The molecule has 192 valence electrons. The second-order valence-electron chi connectivity index (χ2n) is 9.00. The molecular weight excluding hydrogens is 440 g/mol. The highest BCUT2D eigenvalue weighted by Gasteiger charge is 2.15. The molecule has 0 radical (unpaired) electrons. The van der Waals surface area contributed by atoms with Crippen LogP contribution >= 0.6 is 0 Å². The lowest BCUT2D eigenvalue weighted by Crippen LogP contribution is -2.29. The maximum absolute atomic E-state index is 10.8. The van der Waals surface area contributed by atoms with Crippen LogP contribution in [0.25, 0.3) is 0 Å². The van der Waals surface area contributed by atoms with E-state index in [1.165, 1.54) is 32.1 Å². The average Bonchev–Trinajstić information content (AvgIpc) is 3.37. The molecule has 35 heavy (non-hydrogen) atoms. The van der Waals surface area contributed by atoms with Crippen molar-refractivity contribution in [2.24, 2.45) is 0 Å². The molecule has 0 saturated carbocycles. The normalized spacial score (nSPS) is 15.9. The fourth-order valence-electron chi connectivity index (χ4n) is 4.63. The summed E-state index contributed by atoms with van der Waals surface area (Å²) >= 11 is 0. The zero-order valence-electron chi connectivity index (χ0n) is 21.4. The number of hydrogen-bond acceptors (Lipinski definition) is 4. The van der Waals surface area contributed by atoms with E-state index in [0.717, 1.165) is 61.5 Å². The first-order valence-corrected chi connectivity index (χ1v) is 13.0. The molecular formula is C29H42N2O4. The zero-order chi connectivity index (χ0) is 25.5. The van der Waals surface area contributed by atoms with Crippen LogP contribution in [0.1, 0.15) is 68.2 Å². The summed E-state index contributed by atoms with van der Waals surface area (Å²) in [4.78, 5) is 26.4. The first-order chi connectivity index (χ1) is 17.0. The van der Waals surface area contributed by atoms with Crippen molar-refractivity contribution in [3.8, 4) is 0 Å². The van der Waals surface area contributed by atoms with Gasteiger partial charge in [-0.1, -0.05) is 68.8 Å². The summed E-state index contributed by atoms with van der Waals surface area (Å²) in [5.41, 5.74) is 4.22. The van der Waals surface area contributed by atoms with Gasteiger partial charge in [0.05, 0.1) is 12.8 Å². The largest absolute Gasteiger partial charge is 0.481 e. The predicted octanol–water partition coefficient (Wildman–Crippen LogP) is 5.24. The van der Waals surface area contributed by atoms with Crippen LogP contribution < -0.4 is 0 Å². The number of rotatable bonds is 8. The van der Waals surface area contributed by atoms with Gasteiger partial charge >= 0.3 is 11.9 Å². The molecule has 0 aromatic heterocycles. The van der Waals surface area contributed by atoms with Crippen molar-refractivity contribution in [3.05, 3.63) is 70.8 Å². The van der Waals surface area contributed by atoms with Gasteiger partial charge in [0.1, 0.15) is 0 Å². The first-order valence-electron chi connectivity index (χ1n) is 13.0. The maximum Gasteiger partial charge on any atom is 0.307 e. The molecule has 0 amide bonds. The minimum atomic E-state index is -0.756. The van der Waals surface area contributed by atoms with Crippen molar-refractivity contribution in [2.75, 3.05) is 26.2 Å². The van der Waals surface area contributed by atoms with Crippen molar-refractivity contribution < 1.29 is 19.8 Å². The van der Waals surface area contributed by atoms with Crippen LogP contribution in [0.4, 0.5) is 0 Å². The van der Waals surface area contributed by atoms with E-state index in [9.17, 15) is 9.59 Å². The Kier molecular flexibility index (Phi) is 13.1. The fourth-order valence-corrected chi connectivity index (χ4v) is 4.63. The van der Waals surface area contributed by atoms with E-state index >= 15 is 0 Å². The van der Waals surface area contributed by atoms with Gasteiger partial charge in [-0.2, -0.15) is 0 Å². The summed E-state index contributed by atoms with van der Waals surface area (Å²) < 4.78 is 0. The van der Waals surface area contributed by atoms with Gasteiger partial charge < -0.3 is 10.2 Å². The third-order valence-electron chi connectivity index (χ3n) is 6.36. The molecule has 6 nitrogen and oxygen atoms in total. The number of hydrogen-bond donors (Lipinski definition) is 2. The second-order valence-corrected chi connectivity index (χ2v) is 9.00. The van der Waals surface area contributed by atoms with Crippen molar-refractivity contribution in [3.63, 3.8) is 0 Å². The van der Waals surface area contributed by atoms with E-state index in [2.05, 4.69) is 9.80 Å². The smallest absolute Gasteiger partial charge is 0.307 e. The molecule has 2 aliphatic heterocycles. The van der Waals surface area contributed by atoms with Crippen LogP contribution in [0.3, 0.4) is 0 Å². The highest BCUT2D eigenvalue weighted by molar-refractivity contribution is 5.71. The van der Waals surface area contributed by atoms with Crippen molar-refractivity contribution in [1.29, 1.82) is 0 Å². The minimum absolute atomic E-state index is 0.129. The molecule has 4 rings (SSSR count). The van der Waals surface area contributed by atoms with Gasteiger partial charge in [0.2, 0.25) is 0 Å². The molecule has 2 N–H and O–H groups in total. The summed E-state index contributed by atoms with van der Waals surface area (Å²) in [5.74, 6) is -1.51. The molecule has 2 aromatic carbocycles. The van der Waals surface area contributed by atoms with E-state index in [-0.39, 0.29) is 12.8 Å². The van der Waals surface area contributed by atoms with Gasteiger partial charge in [0.15, 0.2) is 0 Å². The van der Waals surface area contributed by atoms with E-state index in [1.807, 2.05) is 62.4 Å². The topological polar surface area (TPSA) is 81.1 Å². The van der Waals surface area contributed by atoms with Crippen molar-refractivity contribution in [1.82, 2.24) is 9.80 Å². The Hall–Kier alpha value is -2.70. The number of carbonyl (C=O) groups is 2. The summed E-state index contributed by atoms with van der Waals surface area (Å²) in [5, 5.41) is 17.7. The van der Waals surface area contributed by atoms with Crippen LogP contribution in [0.2, 0.25) is 0 Å². The Balaban J connectivity index is 0.000000231. The standard InChI is InChI=1S/C14H19NO2.C13H17NO2.C2H6/c16-14(17)10-12-6-2-3-7-13(12)11-15-8-4-1-5-9-15;15-13(16)9-11-5-1-2-6-12(11)10-14-7-3-4-8-14;1-2/h2-3,6-7H,1,4-5,8-11H2,(H,16,17);1-2,5-6H,3-4,7-10H2,(H,15,16);1-2H3. The van der Waals surface area contributed by atoms with E-state index in [4.69, 9.17) is 10.2 Å². The molecule has 2 fully saturated rings. The molecule has 6 heteroatoms. The molecule has 0 spiro atoms. The molecule has 0 atom stereocenters. The van der Waals surface area contributed by atoms with Crippen LogP contribution in [0.15, 0.2) is 48.5 Å². The number of carboxylic acid groups (broad SMARTS) is 2. The SMILES string of the molecule is CC.O=C(O)Cc1ccccc1CN1CCCC1.O=C(O)Cc1ccccc1CN1CCCCC1. The number of likely N-dealkylation sites (tertiary alicyclic amines) is 2. The average molecular weight is 483 g/mol. The van der Waals surface area contributed by atoms with Gasteiger partial charge in [0.25, 0.3) is 0 Å². The number of piperidine rings is 1. The lowest BCUT2D eigenvalue weighted by Gasteiger charge is -2.27.